The summed E-state index contributed by atoms with van der Waals surface area (Å²) in [6.45, 7) is 1.44. The monoisotopic (exact) mass is 371 g/mol. The zero-order chi connectivity index (χ0) is 18.0. The summed E-state index contributed by atoms with van der Waals surface area (Å²) in [5.74, 6) is -0.887. The lowest BCUT2D eigenvalue weighted by atomic mass is 10.0. The fourth-order valence-electron chi connectivity index (χ4n) is 2.33. The van der Waals surface area contributed by atoms with Gasteiger partial charge >= 0.3 is 0 Å². The van der Waals surface area contributed by atoms with E-state index in [0.717, 1.165) is 4.90 Å². The van der Waals surface area contributed by atoms with E-state index in [2.05, 4.69) is 6.07 Å². The SMILES string of the molecule is CC(=O)c1sc(Sc2ccc(F)cc2)c(C#N)c1-c1ccc(F)cc1. The summed E-state index contributed by atoms with van der Waals surface area (Å²) in [5.41, 5.74) is 1.51. The molecule has 0 atom stereocenters. The molecule has 0 aliphatic heterocycles. The molecule has 124 valence electrons. The van der Waals surface area contributed by atoms with Gasteiger partial charge in [0.15, 0.2) is 5.78 Å². The predicted molar refractivity (Wildman–Crippen MR) is 95.0 cm³/mol. The lowest BCUT2D eigenvalue weighted by Gasteiger charge is -2.03. The lowest BCUT2D eigenvalue weighted by molar-refractivity contribution is 0.102. The van der Waals surface area contributed by atoms with E-state index in [1.165, 1.54) is 54.3 Å². The number of ketones is 1. The van der Waals surface area contributed by atoms with E-state index in [4.69, 9.17) is 0 Å². The van der Waals surface area contributed by atoms with Gasteiger partial charge < -0.3 is 0 Å². The molecule has 0 spiro atoms. The molecule has 1 aromatic heterocycles. The Balaban J connectivity index is 2.12. The second-order valence-electron chi connectivity index (χ2n) is 5.20. The van der Waals surface area contributed by atoms with Crippen molar-refractivity contribution < 1.29 is 13.6 Å². The molecule has 25 heavy (non-hydrogen) atoms. The second kappa shape index (κ2) is 7.18. The number of Topliss-reactive ketones (excluding diaryl/α,β-unsaturated/α-hetero) is 1. The molecule has 0 saturated heterocycles. The van der Waals surface area contributed by atoms with Crippen molar-refractivity contribution in [2.45, 2.75) is 16.0 Å². The van der Waals surface area contributed by atoms with Gasteiger partial charge in [0.25, 0.3) is 0 Å². The van der Waals surface area contributed by atoms with Crippen molar-refractivity contribution in [1.82, 2.24) is 0 Å². The van der Waals surface area contributed by atoms with Gasteiger partial charge in [-0.1, -0.05) is 23.9 Å². The number of carbonyl (C=O) groups is 1. The van der Waals surface area contributed by atoms with Crippen molar-refractivity contribution in [3.8, 4) is 17.2 Å². The summed E-state index contributed by atoms with van der Waals surface area (Å²) in [6.07, 6.45) is 0. The number of benzene rings is 2. The number of halogens is 2. The zero-order valence-corrected chi connectivity index (χ0v) is 14.7. The van der Waals surface area contributed by atoms with Crippen LogP contribution in [0.2, 0.25) is 0 Å². The van der Waals surface area contributed by atoms with E-state index in [-0.39, 0.29) is 17.4 Å². The Morgan fingerprint density at radius 3 is 2.12 bits per heavy atom. The van der Waals surface area contributed by atoms with Gasteiger partial charge in [-0.15, -0.1) is 11.3 Å². The topological polar surface area (TPSA) is 40.9 Å². The van der Waals surface area contributed by atoms with Gasteiger partial charge in [-0.25, -0.2) is 8.78 Å². The van der Waals surface area contributed by atoms with Crippen LogP contribution in [-0.4, -0.2) is 5.78 Å². The molecule has 2 nitrogen and oxygen atoms in total. The highest BCUT2D eigenvalue weighted by atomic mass is 32.2. The minimum atomic E-state index is -0.386. The third-order valence-electron chi connectivity index (χ3n) is 3.46. The molecule has 2 aromatic carbocycles. The first-order valence-electron chi connectivity index (χ1n) is 7.26. The summed E-state index contributed by atoms with van der Waals surface area (Å²) >= 11 is 2.52. The van der Waals surface area contributed by atoms with Crippen molar-refractivity contribution in [1.29, 1.82) is 5.26 Å². The first kappa shape index (κ1) is 17.3. The summed E-state index contributed by atoms with van der Waals surface area (Å²) < 4.78 is 26.9. The van der Waals surface area contributed by atoms with Crippen LogP contribution in [-0.2, 0) is 0 Å². The number of nitrogens with zero attached hydrogens (tertiary/aromatic N) is 1. The number of nitriles is 1. The van der Waals surface area contributed by atoms with Gasteiger partial charge in [0, 0.05) is 10.5 Å². The maximum Gasteiger partial charge on any atom is 0.170 e. The standard InChI is InChI=1S/C19H11F2NOS2/c1-11(23)18-17(12-2-4-13(20)5-3-12)16(10-22)19(25-18)24-15-8-6-14(21)7-9-15/h2-9H,1H3. The Bertz CT molecular complexity index is 970. The summed E-state index contributed by atoms with van der Waals surface area (Å²) in [5, 5.41) is 9.63. The van der Waals surface area contributed by atoms with Gasteiger partial charge in [-0.2, -0.15) is 5.26 Å². The predicted octanol–water partition coefficient (Wildman–Crippen LogP) is 5.92. The molecule has 0 radical (unpaired) electrons. The van der Waals surface area contributed by atoms with Crippen molar-refractivity contribution in [2.75, 3.05) is 0 Å². The fourth-order valence-corrected chi connectivity index (χ4v) is 4.68. The minimum absolute atomic E-state index is 0.160. The molecule has 0 saturated carbocycles. The molecular formula is C19H11F2NOS2. The van der Waals surface area contributed by atoms with Crippen molar-refractivity contribution in [3.05, 3.63) is 70.6 Å². The van der Waals surface area contributed by atoms with E-state index >= 15 is 0 Å². The number of rotatable bonds is 4. The van der Waals surface area contributed by atoms with Crippen LogP contribution in [0.1, 0.15) is 22.2 Å². The van der Waals surface area contributed by atoms with Crippen LogP contribution in [0.4, 0.5) is 8.78 Å². The van der Waals surface area contributed by atoms with E-state index < -0.39 is 0 Å². The lowest BCUT2D eigenvalue weighted by Crippen LogP contribution is -1.92. The summed E-state index contributed by atoms with van der Waals surface area (Å²) in [7, 11) is 0. The Kier molecular flexibility index (Phi) is 4.98. The largest absolute Gasteiger partial charge is 0.294 e. The molecule has 1 heterocycles. The van der Waals surface area contributed by atoms with Crippen LogP contribution < -0.4 is 0 Å². The van der Waals surface area contributed by atoms with E-state index in [0.29, 0.717) is 25.8 Å². The van der Waals surface area contributed by atoms with Crippen LogP contribution in [0.15, 0.2) is 57.6 Å². The van der Waals surface area contributed by atoms with Crippen LogP contribution in [0, 0.1) is 23.0 Å². The van der Waals surface area contributed by atoms with E-state index in [1.54, 1.807) is 24.3 Å². The average Bonchev–Trinajstić information content (AvgIpc) is 2.96. The second-order valence-corrected chi connectivity index (χ2v) is 7.56. The Hall–Kier alpha value is -2.49. The van der Waals surface area contributed by atoms with Crippen LogP contribution in [0.3, 0.4) is 0 Å². The summed E-state index contributed by atoms with van der Waals surface area (Å²) in [4.78, 5) is 13.3. The molecule has 3 aromatic rings. The van der Waals surface area contributed by atoms with Gasteiger partial charge in [0.05, 0.1) is 14.6 Å². The maximum atomic E-state index is 13.2. The van der Waals surface area contributed by atoms with E-state index in [1.807, 2.05) is 0 Å². The Morgan fingerprint density at radius 1 is 1.04 bits per heavy atom. The third-order valence-corrected chi connectivity index (χ3v) is 5.95. The number of hydrogen-bond donors (Lipinski definition) is 0. The first-order valence-corrected chi connectivity index (χ1v) is 8.90. The van der Waals surface area contributed by atoms with Crippen LogP contribution in [0.25, 0.3) is 11.1 Å². The molecule has 3 rings (SSSR count). The first-order chi connectivity index (χ1) is 12.0. The highest BCUT2D eigenvalue weighted by Gasteiger charge is 2.23. The van der Waals surface area contributed by atoms with Crippen molar-refractivity contribution in [2.24, 2.45) is 0 Å². The van der Waals surface area contributed by atoms with Gasteiger partial charge in [-0.05, 0) is 48.9 Å². The minimum Gasteiger partial charge on any atom is -0.294 e. The molecule has 0 aliphatic rings. The van der Waals surface area contributed by atoms with E-state index in [9.17, 15) is 18.8 Å². The maximum absolute atomic E-state index is 13.2. The molecule has 0 aliphatic carbocycles. The molecular weight excluding hydrogens is 360 g/mol. The molecule has 6 heteroatoms. The molecule has 0 N–H and O–H groups in total. The van der Waals surface area contributed by atoms with Crippen LogP contribution in [0.5, 0.6) is 0 Å². The zero-order valence-electron chi connectivity index (χ0n) is 13.0. The highest BCUT2D eigenvalue weighted by molar-refractivity contribution is 8.01. The smallest absolute Gasteiger partial charge is 0.170 e. The Labute approximate surface area is 151 Å². The summed E-state index contributed by atoms with van der Waals surface area (Å²) in [6, 6.07) is 13.8. The van der Waals surface area contributed by atoms with Gasteiger partial charge in [-0.3, -0.25) is 4.79 Å². The molecule has 0 unspecified atom stereocenters. The Morgan fingerprint density at radius 2 is 1.60 bits per heavy atom. The number of hydrogen-bond acceptors (Lipinski definition) is 4. The third kappa shape index (κ3) is 3.63. The number of carbonyl (C=O) groups excluding carboxylic acids is 1. The van der Waals surface area contributed by atoms with Crippen molar-refractivity contribution in [3.63, 3.8) is 0 Å². The normalized spacial score (nSPS) is 10.5. The average molecular weight is 371 g/mol. The quantitative estimate of drug-likeness (QED) is 0.535. The highest BCUT2D eigenvalue weighted by Crippen LogP contribution is 2.44. The van der Waals surface area contributed by atoms with Gasteiger partial charge in [0.1, 0.15) is 17.7 Å². The van der Waals surface area contributed by atoms with Crippen LogP contribution >= 0.6 is 23.1 Å². The molecule has 0 amide bonds. The number of thiophene rings is 1. The fraction of sp³-hybridized carbons (Fsp3) is 0.0526. The molecule has 0 fully saturated rings. The van der Waals surface area contributed by atoms with Crippen molar-refractivity contribution >= 4 is 28.9 Å². The molecule has 0 bridgehead atoms. The van der Waals surface area contributed by atoms with Gasteiger partial charge in [0.2, 0.25) is 0 Å².